The van der Waals surface area contributed by atoms with Crippen molar-refractivity contribution in [1.29, 1.82) is 0 Å². The molecule has 12 N–H and O–H groups in total. The van der Waals surface area contributed by atoms with Crippen molar-refractivity contribution in [3.63, 3.8) is 0 Å². The first kappa shape index (κ1) is 77.3. The highest BCUT2D eigenvalue weighted by Gasteiger charge is 2.53. The number of hydrogen-bond donors (Lipinski definition) is 12. The van der Waals surface area contributed by atoms with E-state index in [2.05, 4.69) is 55.6 Å². The average Bonchev–Trinajstić information content (AvgIpc) is 2.29. The van der Waals surface area contributed by atoms with E-state index in [9.17, 15) is 61.0 Å². The summed E-state index contributed by atoms with van der Waals surface area (Å²) < 4.78 is 34.3. The normalized spacial score (nSPS) is 29.2. The zero-order chi connectivity index (χ0) is 61.9. The third-order valence-corrected chi connectivity index (χ3v) is 17.0. The van der Waals surface area contributed by atoms with E-state index in [1.807, 2.05) is 0 Å². The Hall–Kier alpha value is -1.99. The minimum atomic E-state index is -1.97. The molecule has 19 heteroatoms. The Bertz CT molecular complexity index is 1690. The lowest BCUT2D eigenvalue weighted by Gasteiger charge is -2.48. The SMILES string of the molecule is CCCCCCC/C=C\C/C=C\C/C=C\CCCCCCCCCCCCCCCCCCC(=O)NC(COC1OC(CO)C(OC2OC(CO)C(OC3OC(CO)C(O)C(O)C3O)C(O)C2O)C(O)C1O)C(O)CCCCCCCCCCC. The monoisotopic (exact) mass is 1220 g/mol. The summed E-state index contributed by atoms with van der Waals surface area (Å²) in [5.74, 6) is -0.244. The van der Waals surface area contributed by atoms with Crippen molar-refractivity contribution in [2.75, 3.05) is 26.4 Å². The van der Waals surface area contributed by atoms with Gasteiger partial charge in [0.1, 0.15) is 73.2 Å². The van der Waals surface area contributed by atoms with Crippen molar-refractivity contribution < 1.29 is 89.4 Å². The Morgan fingerprint density at radius 3 is 1.21 bits per heavy atom. The van der Waals surface area contributed by atoms with Gasteiger partial charge < -0.3 is 89.9 Å². The first-order valence-electron chi connectivity index (χ1n) is 33.7. The fraction of sp³-hybridized carbons (Fsp3) is 0.894. The van der Waals surface area contributed by atoms with Crippen LogP contribution in [-0.4, -0.2) is 193 Å². The van der Waals surface area contributed by atoms with Crippen LogP contribution in [0.4, 0.5) is 0 Å². The fourth-order valence-electron chi connectivity index (χ4n) is 11.4. The second-order valence-electron chi connectivity index (χ2n) is 24.3. The van der Waals surface area contributed by atoms with Gasteiger partial charge in [0.15, 0.2) is 18.9 Å². The number of aliphatic hydroxyl groups excluding tert-OH is 11. The van der Waals surface area contributed by atoms with Crippen molar-refractivity contribution in [1.82, 2.24) is 5.32 Å². The van der Waals surface area contributed by atoms with Gasteiger partial charge in [-0.2, -0.15) is 0 Å². The topological polar surface area (TPSA) is 307 Å². The Labute approximate surface area is 511 Å². The van der Waals surface area contributed by atoms with Gasteiger partial charge in [-0.15, -0.1) is 0 Å². The summed E-state index contributed by atoms with van der Waals surface area (Å²) in [5.41, 5.74) is 0. The molecule has 0 aromatic carbocycles. The van der Waals surface area contributed by atoms with E-state index in [4.69, 9.17) is 28.4 Å². The Morgan fingerprint density at radius 1 is 0.424 bits per heavy atom. The molecule has 0 bridgehead atoms. The molecule has 19 nitrogen and oxygen atoms in total. The molecule has 1 amide bonds. The van der Waals surface area contributed by atoms with Gasteiger partial charge >= 0.3 is 0 Å². The smallest absolute Gasteiger partial charge is 0.220 e. The van der Waals surface area contributed by atoms with Crippen LogP contribution in [0.1, 0.15) is 245 Å². The van der Waals surface area contributed by atoms with Crippen LogP contribution in [0.5, 0.6) is 0 Å². The molecule has 0 aromatic rings. The highest BCUT2D eigenvalue weighted by molar-refractivity contribution is 5.76. The summed E-state index contributed by atoms with van der Waals surface area (Å²) in [7, 11) is 0. The number of unbranched alkanes of at least 4 members (excludes halogenated alkanes) is 29. The first-order valence-corrected chi connectivity index (χ1v) is 33.7. The van der Waals surface area contributed by atoms with E-state index in [-0.39, 0.29) is 18.9 Å². The molecule has 3 aliphatic rings. The second kappa shape index (κ2) is 48.8. The van der Waals surface area contributed by atoms with E-state index < -0.39 is 124 Å². The molecule has 3 heterocycles. The summed E-state index contributed by atoms with van der Waals surface area (Å²) >= 11 is 0. The lowest BCUT2D eigenvalue weighted by atomic mass is 9.96. The van der Waals surface area contributed by atoms with Gasteiger partial charge in [-0.3, -0.25) is 4.79 Å². The van der Waals surface area contributed by atoms with Crippen LogP contribution in [0, 0.1) is 0 Å². The van der Waals surface area contributed by atoms with Gasteiger partial charge in [-0.1, -0.05) is 224 Å². The first-order chi connectivity index (χ1) is 41.3. The molecule has 17 unspecified atom stereocenters. The Kier molecular flexibility index (Phi) is 44.4. The van der Waals surface area contributed by atoms with Crippen LogP contribution >= 0.6 is 0 Å². The van der Waals surface area contributed by atoms with Crippen LogP contribution in [0.2, 0.25) is 0 Å². The van der Waals surface area contributed by atoms with Crippen LogP contribution in [0.15, 0.2) is 36.5 Å². The van der Waals surface area contributed by atoms with Gasteiger partial charge in [-0.05, 0) is 51.4 Å². The number of aliphatic hydroxyl groups is 11. The molecule has 498 valence electrons. The summed E-state index contributed by atoms with van der Waals surface area (Å²) in [6.45, 7) is 1.75. The number of carbonyl (C=O) groups excluding carboxylic acids is 1. The number of carbonyl (C=O) groups is 1. The highest BCUT2D eigenvalue weighted by atomic mass is 16.8. The van der Waals surface area contributed by atoms with Crippen LogP contribution in [0.3, 0.4) is 0 Å². The molecule has 3 aliphatic heterocycles. The largest absolute Gasteiger partial charge is 0.394 e. The maximum atomic E-state index is 13.3. The standard InChI is InChI=1S/C66H121NO18/c1-3-5-7-9-11-13-14-15-16-17-18-19-20-21-22-23-24-25-26-27-28-29-30-31-32-33-34-36-38-40-42-44-54(72)67-49(50(71)43-41-39-37-35-12-10-8-6-4-2)48-80-64-60(78)57(75)62(52(46-69)82-64)85-66-61(79)58(76)63(53(47-70)83-66)84-65-59(77)56(74)55(73)51(45-68)81-65/h14-15,17-18,20-21,49-53,55-66,68-71,73-79H,3-13,16,19,22-48H2,1-2H3,(H,67,72)/b15-14-,18-17-,21-20-. The summed E-state index contributed by atoms with van der Waals surface area (Å²) in [5, 5.41) is 120. The zero-order valence-electron chi connectivity index (χ0n) is 52.3. The zero-order valence-corrected chi connectivity index (χ0v) is 52.3. The van der Waals surface area contributed by atoms with Crippen molar-refractivity contribution in [3.8, 4) is 0 Å². The number of rotatable bonds is 51. The van der Waals surface area contributed by atoms with Crippen LogP contribution in [0.25, 0.3) is 0 Å². The third kappa shape index (κ3) is 31.5. The summed E-state index contributed by atoms with van der Waals surface area (Å²) in [6, 6.07) is -0.884. The Balaban J connectivity index is 1.34. The van der Waals surface area contributed by atoms with Crippen LogP contribution < -0.4 is 5.32 Å². The minimum absolute atomic E-state index is 0.244. The molecule has 0 saturated carbocycles. The van der Waals surface area contributed by atoms with E-state index in [1.54, 1.807) is 0 Å². The molecular weight excluding hydrogens is 1090 g/mol. The number of allylic oxidation sites excluding steroid dienone is 6. The Morgan fingerprint density at radius 2 is 0.776 bits per heavy atom. The molecular formula is C66H121NO18. The number of ether oxygens (including phenoxy) is 6. The van der Waals surface area contributed by atoms with Crippen molar-refractivity contribution >= 4 is 5.91 Å². The molecule has 3 saturated heterocycles. The summed E-state index contributed by atoms with van der Waals surface area (Å²) in [4.78, 5) is 13.3. The van der Waals surface area contributed by atoms with Gasteiger partial charge in [0.25, 0.3) is 0 Å². The molecule has 3 rings (SSSR count). The fourth-order valence-corrected chi connectivity index (χ4v) is 11.4. The average molecular weight is 1220 g/mol. The van der Waals surface area contributed by atoms with Crippen molar-refractivity contribution in [3.05, 3.63) is 36.5 Å². The van der Waals surface area contributed by atoms with Crippen LogP contribution in [-0.2, 0) is 33.2 Å². The maximum Gasteiger partial charge on any atom is 0.220 e. The minimum Gasteiger partial charge on any atom is -0.394 e. The van der Waals surface area contributed by atoms with E-state index >= 15 is 0 Å². The predicted octanol–water partition coefficient (Wildman–Crippen LogP) is 8.05. The quantitative estimate of drug-likeness (QED) is 0.0202. The molecule has 0 aromatic heterocycles. The molecule has 3 fully saturated rings. The molecule has 0 radical (unpaired) electrons. The van der Waals surface area contributed by atoms with E-state index in [1.165, 1.54) is 154 Å². The maximum absolute atomic E-state index is 13.3. The second-order valence-corrected chi connectivity index (χ2v) is 24.3. The van der Waals surface area contributed by atoms with Gasteiger partial charge in [0, 0.05) is 6.42 Å². The molecule has 0 spiro atoms. The van der Waals surface area contributed by atoms with E-state index in [0.717, 1.165) is 57.8 Å². The third-order valence-electron chi connectivity index (χ3n) is 17.0. The van der Waals surface area contributed by atoms with Gasteiger partial charge in [0.2, 0.25) is 5.91 Å². The number of nitrogens with one attached hydrogen (secondary N) is 1. The molecule has 17 atom stereocenters. The lowest BCUT2D eigenvalue weighted by Crippen LogP contribution is -2.66. The van der Waals surface area contributed by atoms with E-state index in [0.29, 0.717) is 12.8 Å². The molecule has 0 aliphatic carbocycles. The van der Waals surface area contributed by atoms with Gasteiger partial charge in [0.05, 0.1) is 38.6 Å². The predicted molar refractivity (Wildman–Crippen MR) is 328 cm³/mol. The van der Waals surface area contributed by atoms with Crippen molar-refractivity contribution in [2.24, 2.45) is 0 Å². The van der Waals surface area contributed by atoms with Crippen molar-refractivity contribution in [2.45, 2.75) is 349 Å². The summed E-state index contributed by atoms with van der Waals surface area (Å²) in [6.07, 6.45) is 28.4. The molecule has 85 heavy (non-hydrogen) atoms. The van der Waals surface area contributed by atoms with Gasteiger partial charge in [-0.25, -0.2) is 0 Å². The number of hydrogen-bond acceptors (Lipinski definition) is 18. The lowest BCUT2D eigenvalue weighted by molar-refractivity contribution is -0.379. The highest BCUT2D eigenvalue weighted by Crippen LogP contribution is 2.33. The number of amides is 1.